The number of carbonyl (C=O) groups excluding carboxylic acids is 1. The zero-order valence-electron chi connectivity index (χ0n) is 21.5. The second-order valence-corrected chi connectivity index (χ2v) is 9.97. The Morgan fingerprint density at radius 2 is 1.29 bits per heavy atom. The van der Waals surface area contributed by atoms with Gasteiger partial charge >= 0.3 is 0 Å². The van der Waals surface area contributed by atoms with Crippen LogP contribution in [-0.2, 0) is 4.79 Å². The van der Waals surface area contributed by atoms with Crippen LogP contribution in [-0.4, -0.2) is 87.1 Å². The van der Waals surface area contributed by atoms with Gasteiger partial charge in [-0.15, -0.1) is 0 Å². The fraction of sp³-hybridized carbons (Fsp3) is 0.962. The molecule has 0 aromatic rings. The van der Waals surface area contributed by atoms with Gasteiger partial charge in [0.05, 0.1) is 0 Å². The van der Waals surface area contributed by atoms with Crippen molar-refractivity contribution in [1.82, 2.24) is 20.0 Å². The van der Waals surface area contributed by atoms with E-state index in [4.69, 9.17) is 0 Å². The lowest BCUT2D eigenvalue weighted by Gasteiger charge is -2.28. The van der Waals surface area contributed by atoms with E-state index in [-0.39, 0.29) is 5.91 Å². The van der Waals surface area contributed by atoms with Crippen LogP contribution in [0.3, 0.4) is 0 Å². The minimum Gasteiger partial charge on any atom is -0.356 e. The average Bonchev–Trinajstić information content (AvgIpc) is 2.74. The first kappa shape index (κ1) is 28.4. The Labute approximate surface area is 194 Å². The summed E-state index contributed by atoms with van der Waals surface area (Å²) >= 11 is 0. The average molecular weight is 439 g/mol. The molecular formula is C26H54N4O. The molecule has 0 radical (unpaired) electrons. The Kier molecular flexibility index (Phi) is 17.3. The summed E-state index contributed by atoms with van der Waals surface area (Å²) in [5.41, 5.74) is 0. The zero-order chi connectivity index (χ0) is 22.7. The van der Waals surface area contributed by atoms with Crippen LogP contribution in [0.1, 0.15) is 96.8 Å². The lowest BCUT2D eigenvalue weighted by Crippen LogP contribution is -2.39. The molecular weight excluding hydrogens is 384 g/mol. The molecule has 1 unspecified atom stereocenters. The van der Waals surface area contributed by atoms with Crippen molar-refractivity contribution in [3.63, 3.8) is 0 Å². The van der Waals surface area contributed by atoms with Crippen LogP contribution in [0, 0.1) is 0 Å². The Balaban J connectivity index is 2.46. The monoisotopic (exact) mass is 438 g/mol. The van der Waals surface area contributed by atoms with Crippen LogP contribution < -0.4 is 5.32 Å². The van der Waals surface area contributed by atoms with Gasteiger partial charge in [-0.1, -0.05) is 58.3 Å². The number of rotatable bonds is 9. The summed E-state index contributed by atoms with van der Waals surface area (Å²) in [6, 6.07) is 0.378. The number of carbonyl (C=O) groups is 1. The second-order valence-electron chi connectivity index (χ2n) is 9.97. The molecule has 0 saturated carbocycles. The summed E-state index contributed by atoms with van der Waals surface area (Å²) in [6.07, 6.45) is 17.3. The molecule has 0 aromatic heterocycles. The summed E-state index contributed by atoms with van der Waals surface area (Å²) in [5.74, 6) is 0.237. The quantitative estimate of drug-likeness (QED) is 0.527. The largest absolute Gasteiger partial charge is 0.356 e. The van der Waals surface area contributed by atoms with Crippen LogP contribution in [0.2, 0.25) is 0 Å². The highest BCUT2D eigenvalue weighted by Gasteiger charge is 2.18. The van der Waals surface area contributed by atoms with Crippen LogP contribution in [0.4, 0.5) is 0 Å². The van der Waals surface area contributed by atoms with E-state index in [0.29, 0.717) is 12.5 Å². The molecule has 5 heteroatoms. The molecule has 1 atom stereocenters. The van der Waals surface area contributed by atoms with Gasteiger partial charge in [0, 0.05) is 19.0 Å². The van der Waals surface area contributed by atoms with Crippen molar-refractivity contribution in [2.24, 2.45) is 0 Å². The first-order valence-electron chi connectivity index (χ1n) is 13.4. The predicted octanol–water partition coefficient (Wildman–Crippen LogP) is 4.76. The lowest BCUT2D eigenvalue weighted by molar-refractivity contribution is -0.122. The van der Waals surface area contributed by atoms with E-state index in [1.165, 1.54) is 77.2 Å². The smallest absolute Gasteiger partial charge is 0.221 e. The Morgan fingerprint density at radius 1 is 0.742 bits per heavy atom. The van der Waals surface area contributed by atoms with Gasteiger partial charge in [0.1, 0.15) is 0 Å². The van der Waals surface area contributed by atoms with E-state index in [1.54, 1.807) is 0 Å². The Bertz CT molecular complexity index is 432. The standard InChI is InChI=1S/C26H54N4O/c1-5-6-7-8-9-10-11-12-17-25-24-26(31)27-18-15-21-28(2)19-13-14-20-29(3)22-16-23-30(25)4/h25H,5-24H2,1-4H3,(H,27,31). The lowest BCUT2D eigenvalue weighted by atomic mass is 10.0. The molecule has 1 fully saturated rings. The van der Waals surface area contributed by atoms with Gasteiger partial charge in [0.25, 0.3) is 0 Å². The zero-order valence-corrected chi connectivity index (χ0v) is 21.5. The van der Waals surface area contributed by atoms with Crippen molar-refractivity contribution in [1.29, 1.82) is 0 Å². The number of amides is 1. The van der Waals surface area contributed by atoms with Gasteiger partial charge in [-0.3, -0.25) is 4.79 Å². The summed E-state index contributed by atoms with van der Waals surface area (Å²) < 4.78 is 0. The predicted molar refractivity (Wildman–Crippen MR) is 135 cm³/mol. The molecule has 1 saturated heterocycles. The number of nitrogens with zero attached hydrogens (tertiary/aromatic N) is 3. The maximum Gasteiger partial charge on any atom is 0.221 e. The van der Waals surface area contributed by atoms with Crippen molar-refractivity contribution in [3.8, 4) is 0 Å². The number of unbranched alkanes of at least 4 members (excludes halogenated alkanes) is 7. The first-order chi connectivity index (χ1) is 15.0. The van der Waals surface area contributed by atoms with Gasteiger partial charge in [0.15, 0.2) is 0 Å². The Hall–Kier alpha value is -0.650. The van der Waals surface area contributed by atoms with Gasteiger partial charge in [-0.2, -0.15) is 0 Å². The second kappa shape index (κ2) is 18.9. The molecule has 31 heavy (non-hydrogen) atoms. The van der Waals surface area contributed by atoms with E-state index in [9.17, 15) is 4.79 Å². The molecule has 0 bridgehead atoms. The van der Waals surface area contributed by atoms with E-state index >= 15 is 0 Å². The van der Waals surface area contributed by atoms with Gasteiger partial charge in [-0.25, -0.2) is 0 Å². The van der Waals surface area contributed by atoms with Crippen LogP contribution in [0.5, 0.6) is 0 Å². The maximum atomic E-state index is 12.6. The van der Waals surface area contributed by atoms with E-state index in [0.717, 1.165) is 45.6 Å². The van der Waals surface area contributed by atoms with Crippen LogP contribution >= 0.6 is 0 Å². The molecule has 184 valence electrons. The first-order valence-corrected chi connectivity index (χ1v) is 13.4. The minimum atomic E-state index is 0.237. The molecule has 1 amide bonds. The van der Waals surface area contributed by atoms with Crippen LogP contribution in [0.15, 0.2) is 0 Å². The van der Waals surface area contributed by atoms with E-state index in [1.807, 2.05) is 0 Å². The summed E-state index contributed by atoms with van der Waals surface area (Å²) in [5, 5.41) is 3.18. The minimum absolute atomic E-state index is 0.237. The molecule has 1 rings (SSSR count). The van der Waals surface area contributed by atoms with Crippen molar-refractivity contribution in [3.05, 3.63) is 0 Å². The third-order valence-electron chi connectivity index (χ3n) is 6.85. The van der Waals surface area contributed by atoms with Crippen molar-refractivity contribution < 1.29 is 4.79 Å². The summed E-state index contributed by atoms with van der Waals surface area (Å²) in [7, 11) is 6.68. The van der Waals surface area contributed by atoms with E-state index < -0.39 is 0 Å². The third kappa shape index (κ3) is 15.7. The molecule has 0 aliphatic carbocycles. The molecule has 0 spiro atoms. The highest BCUT2D eigenvalue weighted by Crippen LogP contribution is 2.15. The summed E-state index contributed by atoms with van der Waals surface area (Å²) in [6.45, 7) is 8.74. The SMILES string of the molecule is CCCCCCCCCCC1CC(=O)NCCCN(C)CCCCN(C)CCCN1C. The molecule has 1 N–H and O–H groups in total. The van der Waals surface area contributed by atoms with Crippen molar-refractivity contribution in [2.45, 2.75) is 103 Å². The van der Waals surface area contributed by atoms with E-state index in [2.05, 4.69) is 48.1 Å². The fourth-order valence-electron chi connectivity index (χ4n) is 4.61. The molecule has 1 aliphatic rings. The molecule has 1 heterocycles. The normalized spacial score (nSPS) is 22.8. The maximum absolute atomic E-state index is 12.6. The topological polar surface area (TPSA) is 38.8 Å². The van der Waals surface area contributed by atoms with Gasteiger partial charge in [-0.05, 0) is 86.0 Å². The number of hydrogen-bond donors (Lipinski definition) is 1. The van der Waals surface area contributed by atoms with Crippen molar-refractivity contribution in [2.75, 3.05) is 60.4 Å². The van der Waals surface area contributed by atoms with Crippen molar-refractivity contribution >= 4 is 5.91 Å². The Morgan fingerprint density at radius 3 is 1.94 bits per heavy atom. The van der Waals surface area contributed by atoms with Crippen LogP contribution in [0.25, 0.3) is 0 Å². The molecule has 0 aromatic carbocycles. The highest BCUT2D eigenvalue weighted by molar-refractivity contribution is 5.76. The number of hydrogen-bond acceptors (Lipinski definition) is 4. The third-order valence-corrected chi connectivity index (χ3v) is 6.85. The molecule has 5 nitrogen and oxygen atoms in total. The number of nitrogens with one attached hydrogen (secondary N) is 1. The highest BCUT2D eigenvalue weighted by atomic mass is 16.1. The fourth-order valence-corrected chi connectivity index (χ4v) is 4.61. The molecule has 1 aliphatic heterocycles. The summed E-state index contributed by atoms with van der Waals surface area (Å²) in [4.78, 5) is 19.9. The van der Waals surface area contributed by atoms with Gasteiger partial charge in [0.2, 0.25) is 5.91 Å². The van der Waals surface area contributed by atoms with Gasteiger partial charge < -0.3 is 20.0 Å².